The van der Waals surface area contributed by atoms with E-state index in [2.05, 4.69) is 16.3 Å². The summed E-state index contributed by atoms with van der Waals surface area (Å²) in [5.74, 6) is 0.428. The lowest BCUT2D eigenvalue weighted by molar-refractivity contribution is 0.102. The first-order valence-electron chi connectivity index (χ1n) is 8.15. The highest BCUT2D eigenvalue weighted by Gasteiger charge is 2.12. The summed E-state index contributed by atoms with van der Waals surface area (Å²) < 4.78 is 5.20. The fraction of sp³-hybridized carbons (Fsp3) is 0.389. The molecule has 5 nitrogen and oxygen atoms in total. The summed E-state index contributed by atoms with van der Waals surface area (Å²) in [4.78, 5) is 14.7. The third-order valence-corrected chi connectivity index (χ3v) is 4.16. The Morgan fingerprint density at radius 1 is 1.22 bits per heavy atom. The Hall–Kier alpha value is -2.11. The third kappa shape index (κ3) is 4.21. The van der Waals surface area contributed by atoms with Gasteiger partial charge in [-0.05, 0) is 49.7 Å². The number of carbonyl (C=O) groups excluding carboxylic acids is 1. The molecule has 1 amide bonds. The monoisotopic (exact) mass is 313 g/mol. The molecule has 1 aromatic heterocycles. The minimum Gasteiger partial charge on any atom is -0.467 e. The quantitative estimate of drug-likeness (QED) is 0.890. The number of amides is 1. The molecule has 0 aliphatic carbocycles. The van der Waals surface area contributed by atoms with Crippen molar-refractivity contribution in [2.24, 2.45) is 5.73 Å². The lowest BCUT2D eigenvalue weighted by Crippen LogP contribution is -2.29. The van der Waals surface area contributed by atoms with Gasteiger partial charge in [-0.2, -0.15) is 0 Å². The number of piperidine rings is 1. The molecule has 0 radical (unpaired) electrons. The molecule has 3 N–H and O–H groups in total. The maximum atomic E-state index is 12.2. The zero-order valence-corrected chi connectivity index (χ0v) is 13.3. The number of nitrogens with one attached hydrogen (secondary N) is 1. The molecular formula is C18H23N3O2. The predicted octanol–water partition coefficient (Wildman–Crippen LogP) is 2.98. The molecule has 0 spiro atoms. The largest absolute Gasteiger partial charge is 0.467 e. The van der Waals surface area contributed by atoms with Gasteiger partial charge in [0.15, 0.2) is 0 Å². The lowest BCUT2D eigenvalue weighted by atomic mass is 10.1. The summed E-state index contributed by atoms with van der Waals surface area (Å²) in [6.45, 7) is 3.55. The summed E-state index contributed by atoms with van der Waals surface area (Å²) >= 11 is 0. The van der Waals surface area contributed by atoms with E-state index in [1.807, 2.05) is 18.2 Å². The molecule has 5 heteroatoms. The third-order valence-electron chi connectivity index (χ3n) is 4.16. The maximum absolute atomic E-state index is 12.2. The Balaban J connectivity index is 1.63. The van der Waals surface area contributed by atoms with Crippen LogP contribution < -0.4 is 11.1 Å². The van der Waals surface area contributed by atoms with Crippen LogP contribution in [0.3, 0.4) is 0 Å². The van der Waals surface area contributed by atoms with Crippen molar-refractivity contribution in [2.45, 2.75) is 32.4 Å². The van der Waals surface area contributed by atoms with Crippen molar-refractivity contribution in [2.75, 3.05) is 18.4 Å². The second-order valence-electron chi connectivity index (χ2n) is 6.00. The number of hydrogen-bond acceptors (Lipinski definition) is 4. The van der Waals surface area contributed by atoms with Gasteiger partial charge in [0.2, 0.25) is 0 Å². The molecule has 1 aliphatic rings. The number of nitrogens with two attached hydrogens (primary N) is 1. The lowest BCUT2D eigenvalue weighted by Gasteiger charge is -2.26. The van der Waals surface area contributed by atoms with Gasteiger partial charge in [0.25, 0.3) is 5.91 Å². The summed E-state index contributed by atoms with van der Waals surface area (Å²) in [6, 6.07) is 9.70. The van der Waals surface area contributed by atoms with Gasteiger partial charge in [-0.1, -0.05) is 18.6 Å². The molecule has 23 heavy (non-hydrogen) atoms. The van der Waals surface area contributed by atoms with E-state index in [1.165, 1.54) is 31.1 Å². The molecule has 2 aromatic rings. The van der Waals surface area contributed by atoms with E-state index in [-0.39, 0.29) is 5.91 Å². The van der Waals surface area contributed by atoms with Crippen LogP contribution in [-0.2, 0) is 13.1 Å². The highest BCUT2D eigenvalue weighted by molar-refractivity contribution is 6.04. The molecular weight excluding hydrogens is 290 g/mol. The average Bonchev–Trinajstić information content (AvgIpc) is 3.05. The summed E-state index contributed by atoms with van der Waals surface area (Å²) in [5.41, 5.74) is 8.01. The topological polar surface area (TPSA) is 71.5 Å². The van der Waals surface area contributed by atoms with E-state index in [0.29, 0.717) is 17.9 Å². The predicted molar refractivity (Wildman–Crippen MR) is 90.1 cm³/mol. The normalized spacial score (nSPS) is 15.5. The van der Waals surface area contributed by atoms with Crippen molar-refractivity contribution in [3.05, 3.63) is 53.5 Å². The van der Waals surface area contributed by atoms with Crippen molar-refractivity contribution in [1.29, 1.82) is 0 Å². The van der Waals surface area contributed by atoms with Gasteiger partial charge in [-0.15, -0.1) is 0 Å². The molecule has 0 atom stereocenters. The SMILES string of the molecule is NCc1cc(C(=O)Nc2cccc(CN3CCCCC3)c2)co1. The Labute approximate surface area is 136 Å². The van der Waals surface area contributed by atoms with Crippen LogP contribution in [0.5, 0.6) is 0 Å². The van der Waals surface area contributed by atoms with E-state index in [9.17, 15) is 4.79 Å². The molecule has 0 saturated carbocycles. The van der Waals surface area contributed by atoms with Crippen LogP contribution in [0.15, 0.2) is 41.0 Å². The fourth-order valence-electron chi connectivity index (χ4n) is 2.93. The van der Waals surface area contributed by atoms with Crippen molar-refractivity contribution in [3.63, 3.8) is 0 Å². The summed E-state index contributed by atoms with van der Waals surface area (Å²) in [5, 5.41) is 2.92. The van der Waals surface area contributed by atoms with Gasteiger partial charge in [-0.25, -0.2) is 0 Å². The molecule has 2 heterocycles. The molecule has 0 bridgehead atoms. The van der Waals surface area contributed by atoms with Crippen LogP contribution in [0, 0.1) is 0 Å². The number of carbonyl (C=O) groups is 1. The van der Waals surface area contributed by atoms with Gasteiger partial charge in [-0.3, -0.25) is 9.69 Å². The van der Waals surface area contributed by atoms with Gasteiger partial charge in [0.1, 0.15) is 12.0 Å². The van der Waals surface area contributed by atoms with Crippen molar-refractivity contribution in [3.8, 4) is 0 Å². The van der Waals surface area contributed by atoms with E-state index in [0.717, 1.165) is 25.3 Å². The second kappa shape index (κ2) is 7.44. The van der Waals surface area contributed by atoms with Gasteiger partial charge in [0.05, 0.1) is 12.1 Å². The number of benzene rings is 1. The van der Waals surface area contributed by atoms with Crippen LogP contribution >= 0.6 is 0 Å². The average molecular weight is 313 g/mol. The molecule has 1 aliphatic heterocycles. The molecule has 0 unspecified atom stereocenters. The number of likely N-dealkylation sites (tertiary alicyclic amines) is 1. The molecule has 1 aromatic carbocycles. The molecule has 3 rings (SSSR count). The first-order valence-corrected chi connectivity index (χ1v) is 8.15. The van der Waals surface area contributed by atoms with Gasteiger partial charge < -0.3 is 15.5 Å². The fourth-order valence-corrected chi connectivity index (χ4v) is 2.93. The Morgan fingerprint density at radius 3 is 2.78 bits per heavy atom. The van der Waals surface area contributed by atoms with Gasteiger partial charge >= 0.3 is 0 Å². The van der Waals surface area contributed by atoms with Crippen molar-refractivity contribution >= 4 is 11.6 Å². The highest BCUT2D eigenvalue weighted by atomic mass is 16.3. The number of anilines is 1. The van der Waals surface area contributed by atoms with Crippen molar-refractivity contribution in [1.82, 2.24) is 4.90 Å². The number of rotatable bonds is 5. The zero-order valence-electron chi connectivity index (χ0n) is 13.3. The number of nitrogens with zero attached hydrogens (tertiary/aromatic N) is 1. The zero-order chi connectivity index (χ0) is 16.1. The summed E-state index contributed by atoms with van der Waals surface area (Å²) in [7, 11) is 0. The van der Waals surface area contributed by atoms with Crippen LogP contribution in [0.2, 0.25) is 0 Å². The van der Waals surface area contributed by atoms with E-state index >= 15 is 0 Å². The van der Waals surface area contributed by atoms with Gasteiger partial charge in [0, 0.05) is 12.2 Å². The molecule has 122 valence electrons. The van der Waals surface area contributed by atoms with Crippen molar-refractivity contribution < 1.29 is 9.21 Å². The smallest absolute Gasteiger partial charge is 0.258 e. The molecule has 1 fully saturated rings. The van der Waals surface area contributed by atoms with Crippen LogP contribution in [0.1, 0.15) is 40.9 Å². The van der Waals surface area contributed by atoms with E-state index in [4.69, 9.17) is 10.2 Å². The van der Waals surface area contributed by atoms with E-state index < -0.39 is 0 Å². The minimum atomic E-state index is -0.177. The first-order chi connectivity index (χ1) is 11.2. The minimum absolute atomic E-state index is 0.177. The Morgan fingerprint density at radius 2 is 2.04 bits per heavy atom. The van der Waals surface area contributed by atoms with E-state index in [1.54, 1.807) is 6.07 Å². The Bertz CT molecular complexity index is 660. The second-order valence-corrected chi connectivity index (χ2v) is 6.00. The van der Waals surface area contributed by atoms with Crippen LogP contribution in [-0.4, -0.2) is 23.9 Å². The van der Waals surface area contributed by atoms with Crippen LogP contribution in [0.25, 0.3) is 0 Å². The first kappa shape index (κ1) is 15.8. The number of hydrogen-bond donors (Lipinski definition) is 2. The molecule has 1 saturated heterocycles. The van der Waals surface area contributed by atoms with Crippen LogP contribution in [0.4, 0.5) is 5.69 Å². The highest BCUT2D eigenvalue weighted by Crippen LogP contribution is 2.17. The number of furan rings is 1. The standard InChI is InChI=1S/C18H23N3O2/c19-11-17-10-15(13-23-17)18(22)20-16-6-4-5-14(9-16)12-21-7-2-1-3-8-21/h4-6,9-10,13H,1-3,7-8,11-12,19H2,(H,20,22). The summed E-state index contributed by atoms with van der Waals surface area (Å²) in [6.07, 6.45) is 5.33. The maximum Gasteiger partial charge on any atom is 0.258 e. The Kier molecular flexibility index (Phi) is 5.10.